The number of benzene rings is 3. The largest absolute Gasteiger partial charge is 0.482 e. The number of esters is 1. The Morgan fingerprint density at radius 1 is 1.00 bits per heavy atom. The molecule has 0 aliphatic rings. The van der Waals surface area contributed by atoms with E-state index in [9.17, 15) is 9.59 Å². The van der Waals surface area contributed by atoms with Crippen molar-refractivity contribution in [3.05, 3.63) is 71.8 Å². The number of amides is 1. The third kappa shape index (κ3) is 4.99. The first kappa shape index (κ1) is 18.7. The average molecular weight is 384 g/mol. The molecule has 0 spiro atoms. The first-order chi connectivity index (χ1) is 13.0. The van der Waals surface area contributed by atoms with Crippen LogP contribution in [-0.2, 0) is 14.3 Å². The molecule has 5 nitrogen and oxygen atoms in total. The maximum absolute atomic E-state index is 12.4. The fourth-order valence-corrected chi connectivity index (χ4v) is 2.65. The maximum atomic E-state index is 12.4. The van der Waals surface area contributed by atoms with Gasteiger partial charge in [-0.05, 0) is 42.6 Å². The summed E-state index contributed by atoms with van der Waals surface area (Å²) in [6.07, 6.45) is -0.953. The minimum Gasteiger partial charge on any atom is -0.482 e. The Bertz CT molecular complexity index is 951. The molecule has 0 bridgehead atoms. The van der Waals surface area contributed by atoms with E-state index >= 15 is 0 Å². The van der Waals surface area contributed by atoms with Gasteiger partial charge in [-0.3, -0.25) is 4.79 Å². The lowest BCUT2D eigenvalue weighted by Gasteiger charge is -2.15. The summed E-state index contributed by atoms with van der Waals surface area (Å²) in [6.45, 7) is 1.22. The van der Waals surface area contributed by atoms with Crippen LogP contribution in [0.4, 0.5) is 5.69 Å². The summed E-state index contributed by atoms with van der Waals surface area (Å²) in [5.74, 6) is -0.555. The van der Waals surface area contributed by atoms with Crippen molar-refractivity contribution in [2.75, 3.05) is 11.9 Å². The zero-order chi connectivity index (χ0) is 19.2. The zero-order valence-corrected chi connectivity index (χ0v) is 15.4. The van der Waals surface area contributed by atoms with E-state index in [0.717, 1.165) is 10.8 Å². The van der Waals surface area contributed by atoms with Crippen molar-refractivity contribution in [1.82, 2.24) is 0 Å². The molecule has 0 aliphatic carbocycles. The number of carbonyl (C=O) groups excluding carboxylic acids is 2. The number of hydrogen-bond acceptors (Lipinski definition) is 4. The predicted molar refractivity (Wildman–Crippen MR) is 105 cm³/mol. The van der Waals surface area contributed by atoms with Crippen molar-refractivity contribution in [2.45, 2.75) is 13.0 Å². The normalized spacial score (nSPS) is 11.6. The van der Waals surface area contributed by atoms with Crippen LogP contribution in [0.5, 0.6) is 5.75 Å². The summed E-state index contributed by atoms with van der Waals surface area (Å²) in [7, 11) is 0. The van der Waals surface area contributed by atoms with Gasteiger partial charge >= 0.3 is 5.97 Å². The Labute approximate surface area is 161 Å². The summed E-state index contributed by atoms with van der Waals surface area (Å²) in [6, 6.07) is 19.9. The van der Waals surface area contributed by atoms with Gasteiger partial charge in [0.2, 0.25) is 0 Å². The molecule has 1 atom stereocenters. The minimum atomic E-state index is -0.953. The molecule has 0 radical (unpaired) electrons. The molecule has 1 amide bonds. The van der Waals surface area contributed by atoms with Gasteiger partial charge in [0.25, 0.3) is 5.91 Å². The number of fused-ring (bicyclic) bond motifs is 1. The second kappa shape index (κ2) is 8.56. The van der Waals surface area contributed by atoms with Gasteiger partial charge in [0.05, 0.1) is 0 Å². The van der Waals surface area contributed by atoms with Crippen molar-refractivity contribution in [3.63, 3.8) is 0 Å². The molecular weight excluding hydrogens is 366 g/mol. The topological polar surface area (TPSA) is 64.6 Å². The minimum absolute atomic E-state index is 0.298. The second-order valence-corrected chi connectivity index (χ2v) is 6.33. The van der Waals surface area contributed by atoms with Crippen LogP contribution in [0.3, 0.4) is 0 Å². The van der Waals surface area contributed by atoms with Gasteiger partial charge in [0.15, 0.2) is 12.7 Å². The molecule has 27 heavy (non-hydrogen) atoms. The van der Waals surface area contributed by atoms with Crippen LogP contribution in [-0.4, -0.2) is 24.6 Å². The number of ether oxygens (including phenoxy) is 2. The van der Waals surface area contributed by atoms with Gasteiger partial charge in [-0.25, -0.2) is 4.79 Å². The third-order valence-electron chi connectivity index (χ3n) is 3.90. The fraction of sp³-hybridized carbons (Fsp3) is 0.143. The van der Waals surface area contributed by atoms with Gasteiger partial charge in [-0.1, -0.05) is 48.0 Å². The van der Waals surface area contributed by atoms with Crippen molar-refractivity contribution >= 4 is 39.9 Å². The summed E-state index contributed by atoms with van der Waals surface area (Å²) in [5.41, 5.74) is 0.665. The van der Waals surface area contributed by atoms with E-state index in [1.54, 1.807) is 30.3 Å². The highest BCUT2D eigenvalue weighted by Gasteiger charge is 2.19. The molecule has 0 unspecified atom stereocenters. The van der Waals surface area contributed by atoms with E-state index in [1.165, 1.54) is 6.92 Å². The summed E-state index contributed by atoms with van der Waals surface area (Å²) >= 11 is 5.79. The lowest BCUT2D eigenvalue weighted by atomic mass is 10.1. The highest BCUT2D eigenvalue weighted by molar-refractivity contribution is 6.30. The molecular formula is C21H18ClNO4. The predicted octanol–water partition coefficient (Wildman–Crippen LogP) is 4.44. The molecule has 0 heterocycles. The summed E-state index contributed by atoms with van der Waals surface area (Å²) < 4.78 is 10.5. The Balaban J connectivity index is 1.55. The Kier molecular flexibility index (Phi) is 5.94. The van der Waals surface area contributed by atoms with E-state index in [2.05, 4.69) is 5.32 Å². The SMILES string of the molecule is C[C@@H](OC(=O)COc1ccc(Cl)cc1)C(=O)Nc1cccc2ccccc12. The highest BCUT2D eigenvalue weighted by Crippen LogP contribution is 2.23. The summed E-state index contributed by atoms with van der Waals surface area (Å²) in [5, 5.41) is 5.30. The molecule has 0 saturated heterocycles. The van der Waals surface area contributed by atoms with E-state index < -0.39 is 18.0 Å². The Hall–Kier alpha value is -3.05. The maximum Gasteiger partial charge on any atom is 0.344 e. The molecule has 0 aromatic heterocycles. The van der Waals surface area contributed by atoms with Crippen LogP contribution in [0.2, 0.25) is 5.02 Å². The van der Waals surface area contributed by atoms with Gasteiger partial charge in [-0.15, -0.1) is 0 Å². The summed E-state index contributed by atoms with van der Waals surface area (Å²) in [4.78, 5) is 24.3. The van der Waals surface area contributed by atoms with Crippen LogP contribution in [0.1, 0.15) is 6.92 Å². The third-order valence-corrected chi connectivity index (χ3v) is 4.15. The Morgan fingerprint density at radius 2 is 1.70 bits per heavy atom. The van der Waals surface area contributed by atoms with Crippen LogP contribution in [0.15, 0.2) is 66.7 Å². The molecule has 0 saturated carbocycles. The number of rotatable bonds is 6. The monoisotopic (exact) mass is 383 g/mol. The van der Waals surface area contributed by atoms with Gasteiger partial charge in [0, 0.05) is 16.1 Å². The van der Waals surface area contributed by atoms with Gasteiger partial charge in [0.1, 0.15) is 5.75 Å². The smallest absolute Gasteiger partial charge is 0.344 e. The molecule has 3 rings (SSSR count). The number of halogens is 1. The van der Waals surface area contributed by atoms with Crippen LogP contribution < -0.4 is 10.1 Å². The molecule has 3 aromatic carbocycles. The zero-order valence-electron chi connectivity index (χ0n) is 14.6. The number of carbonyl (C=O) groups is 2. The van der Waals surface area contributed by atoms with Gasteiger partial charge in [-0.2, -0.15) is 0 Å². The van der Waals surface area contributed by atoms with E-state index in [-0.39, 0.29) is 6.61 Å². The number of hydrogen-bond donors (Lipinski definition) is 1. The van der Waals surface area contributed by atoms with Crippen molar-refractivity contribution < 1.29 is 19.1 Å². The second-order valence-electron chi connectivity index (χ2n) is 5.89. The average Bonchev–Trinajstić information content (AvgIpc) is 2.68. The highest BCUT2D eigenvalue weighted by atomic mass is 35.5. The molecule has 138 valence electrons. The van der Waals surface area contributed by atoms with Crippen molar-refractivity contribution in [2.24, 2.45) is 0 Å². The molecule has 1 N–H and O–H groups in total. The Morgan fingerprint density at radius 3 is 2.48 bits per heavy atom. The first-order valence-corrected chi connectivity index (χ1v) is 8.77. The standard InChI is InChI=1S/C21H18ClNO4/c1-14(27-20(24)13-26-17-11-9-16(22)10-12-17)21(25)23-19-8-4-6-15-5-2-3-7-18(15)19/h2-12,14H,13H2,1H3,(H,23,25)/t14-/m1/s1. The van der Waals surface area contributed by atoms with E-state index in [0.29, 0.717) is 16.5 Å². The quantitative estimate of drug-likeness (QED) is 0.639. The van der Waals surface area contributed by atoms with Crippen LogP contribution >= 0.6 is 11.6 Å². The fourth-order valence-electron chi connectivity index (χ4n) is 2.53. The molecule has 0 fully saturated rings. The van der Waals surface area contributed by atoms with Crippen LogP contribution in [0, 0.1) is 0 Å². The lowest BCUT2D eigenvalue weighted by molar-refractivity contribution is -0.155. The number of anilines is 1. The van der Waals surface area contributed by atoms with Crippen molar-refractivity contribution in [3.8, 4) is 5.75 Å². The molecule has 0 aliphatic heterocycles. The number of nitrogens with one attached hydrogen (secondary N) is 1. The van der Waals surface area contributed by atoms with E-state index in [4.69, 9.17) is 21.1 Å². The van der Waals surface area contributed by atoms with Crippen molar-refractivity contribution in [1.29, 1.82) is 0 Å². The van der Waals surface area contributed by atoms with Gasteiger partial charge < -0.3 is 14.8 Å². The first-order valence-electron chi connectivity index (χ1n) is 8.39. The van der Waals surface area contributed by atoms with Crippen LogP contribution in [0.25, 0.3) is 10.8 Å². The molecule has 3 aromatic rings. The lowest BCUT2D eigenvalue weighted by Crippen LogP contribution is -2.31. The van der Waals surface area contributed by atoms with E-state index in [1.807, 2.05) is 36.4 Å². The molecule has 6 heteroatoms.